The third-order valence-electron chi connectivity index (χ3n) is 3.26. The van der Waals surface area contributed by atoms with Crippen LogP contribution in [0.3, 0.4) is 0 Å². The van der Waals surface area contributed by atoms with Crippen LogP contribution in [0.4, 0.5) is 0 Å². The lowest BCUT2D eigenvalue weighted by molar-refractivity contribution is -0.121. The highest BCUT2D eigenvalue weighted by molar-refractivity contribution is 7.80. The van der Waals surface area contributed by atoms with Gasteiger partial charge >= 0.3 is 0 Å². The maximum atomic E-state index is 11.7. The van der Waals surface area contributed by atoms with Gasteiger partial charge in [-0.15, -0.1) is 0 Å². The number of nitrogens with two attached hydrogens (primary N) is 1. The Morgan fingerprint density at radius 2 is 1.63 bits per heavy atom. The van der Waals surface area contributed by atoms with Crippen LogP contribution in [-0.4, -0.2) is 16.9 Å². The van der Waals surface area contributed by atoms with Crippen LogP contribution in [0.1, 0.15) is 78.1 Å². The molecular formula is C15H30N2OS. The molecule has 1 unspecified atom stereocenters. The smallest absolute Gasteiger partial charge is 0.220 e. The molecule has 0 aromatic rings. The standard InChI is InChI=1S/C15H30N2OS/c1-3-5-6-7-8-9-10-12-14(18)17-13(11-4-2)15(16)19/h13H,3-12H2,1-2H3,(H2,16,19)(H,17,18). The highest BCUT2D eigenvalue weighted by atomic mass is 32.1. The van der Waals surface area contributed by atoms with Crippen LogP contribution in [0.25, 0.3) is 0 Å². The maximum absolute atomic E-state index is 11.7. The van der Waals surface area contributed by atoms with Gasteiger partial charge < -0.3 is 11.1 Å². The molecule has 0 aliphatic heterocycles. The summed E-state index contributed by atoms with van der Waals surface area (Å²) in [5.74, 6) is 0.0832. The largest absolute Gasteiger partial charge is 0.392 e. The van der Waals surface area contributed by atoms with Crippen LogP contribution in [-0.2, 0) is 4.79 Å². The second-order valence-corrected chi connectivity index (χ2v) is 5.65. The van der Waals surface area contributed by atoms with E-state index in [1.807, 2.05) is 0 Å². The zero-order valence-electron chi connectivity index (χ0n) is 12.5. The number of rotatable bonds is 12. The summed E-state index contributed by atoms with van der Waals surface area (Å²) in [5, 5.41) is 2.92. The van der Waals surface area contributed by atoms with Crippen LogP contribution in [0.5, 0.6) is 0 Å². The van der Waals surface area contributed by atoms with Crippen molar-refractivity contribution in [3.8, 4) is 0 Å². The van der Waals surface area contributed by atoms with Gasteiger partial charge in [-0.2, -0.15) is 0 Å². The highest BCUT2D eigenvalue weighted by Gasteiger charge is 2.13. The molecule has 0 heterocycles. The predicted molar refractivity (Wildman–Crippen MR) is 86.2 cm³/mol. The molecule has 3 N–H and O–H groups in total. The number of carbonyl (C=O) groups is 1. The van der Waals surface area contributed by atoms with Crippen LogP contribution >= 0.6 is 12.2 Å². The van der Waals surface area contributed by atoms with Gasteiger partial charge in [0.2, 0.25) is 5.91 Å². The summed E-state index contributed by atoms with van der Waals surface area (Å²) in [6.07, 6.45) is 11.0. The molecule has 3 nitrogen and oxygen atoms in total. The van der Waals surface area contributed by atoms with Crippen molar-refractivity contribution in [1.82, 2.24) is 5.32 Å². The van der Waals surface area contributed by atoms with Crippen molar-refractivity contribution >= 4 is 23.1 Å². The van der Waals surface area contributed by atoms with Crippen molar-refractivity contribution < 1.29 is 4.79 Å². The van der Waals surface area contributed by atoms with Crippen molar-refractivity contribution in [3.05, 3.63) is 0 Å². The second kappa shape index (κ2) is 12.4. The molecule has 4 heteroatoms. The fourth-order valence-corrected chi connectivity index (χ4v) is 2.26. The van der Waals surface area contributed by atoms with E-state index in [2.05, 4.69) is 19.2 Å². The SMILES string of the molecule is CCCCCCCCCC(=O)NC(CCC)C(N)=S. The summed E-state index contributed by atoms with van der Waals surface area (Å²) in [7, 11) is 0. The first kappa shape index (κ1) is 18.4. The quantitative estimate of drug-likeness (QED) is 0.425. The van der Waals surface area contributed by atoms with Crippen LogP contribution in [0.15, 0.2) is 0 Å². The topological polar surface area (TPSA) is 55.1 Å². The molecule has 0 aromatic heterocycles. The van der Waals surface area contributed by atoms with Crippen LogP contribution < -0.4 is 11.1 Å². The van der Waals surface area contributed by atoms with Gasteiger partial charge in [-0.25, -0.2) is 0 Å². The van der Waals surface area contributed by atoms with Gasteiger partial charge in [-0.1, -0.05) is 71.0 Å². The highest BCUT2D eigenvalue weighted by Crippen LogP contribution is 2.08. The zero-order chi connectivity index (χ0) is 14.5. The first-order chi connectivity index (χ1) is 9.11. The summed E-state index contributed by atoms with van der Waals surface area (Å²) in [5.41, 5.74) is 5.61. The molecule has 0 spiro atoms. The van der Waals surface area contributed by atoms with Gasteiger partial charge in [-0.3, -0.25) is 4.79 Å². The molecule has 0 bridgehead atoms. The lowest BCUT2D eigenvalue weighted by atomic mass is 10.1. The van der Waals surface area contributed by atoms with Crippen molar-refractivity contribution in [2.45, 2.75) is 84.1 Å². The van der Waals surface area contributed by atoms with E-state index in [1.165, 1.54) is 32.1 Å². The molecule has 0 aliphatic rings. The minimum absolute atomic E-state index is 0.0832. The van der Waals surface area contributed by atoms with Gasteiger partial charge in [0.15, 0.2) is 0 Å². The molecule has 0 rings (SSSR count). The van der Waals surface area contributed by atoms with Crippen LogP contribution in [0, 0.1) is 0 Å². The number of thiocarbonyl (C=S) groups is 1. The Hall–Kier alpha value is -0.640. The summed E-state index contributed by atoms with van der Waals surface area (Å²) >= 11 is 4.96. The summed E-state index contributed by atoms with van der Waals surface area (Å²) in [6.45, 7) is 4.28. The van der Waals surface area contributed by atoms with Crippen LogP contribution in [0.2, 0.25) is 0 Å². The lowest BCUT2D eigenvalue weighted by Crippen LogP contribution is -2.43. The number of nitrogens with one attached hydrogen (secondary N) is 1. The van der Waals surface area contributed by atoms with Crippen molar-refractivity contribution in [2.75, 3.05) is 0 Å². The average Bonchev–Trinajstić information content (AvgIpc) is 2.37. The van der Waals surface area contributed by atoms with Crippen molar-refractivity contribution in [3.63, 3.8) is 0 Å². The first-order valence-corrected chi connectivity index (χ1v) is 8.11. The lowest BCUT2D eigenvalue weighted by Gasteiger charge is -2.16. The van der Waals surface area contributed by atoms with E-state index in [4.69, 9.17) is 18.0 Å². The molecular weight excluding hydrogens is 256 g/mol. The normalized spacial score (nSPS) is 12.1. The molecule has 1 amide bonds. The molecule has 1 atom stereocenters. The van der Waals surface area contributed by atoms with Crippen molar-refractivity contribution in [1.29, 1.82) is 0 Å². The molecule has 0 aliphatic carbocycles. The first-order valence-electron chi connectivity index (χ1n) is 7.70. The fourth-order valence-electron chi connectivity index (χ4n) is 2.08. The van der Waals surface area contributed by atoms with Gasteiger partial charge in [0, 0.05) is 6.42 Å². The molecule has 112 valence electrons. The zero-order valence-corrected chi connectivity index (χ0v) is 13.4. The maximum Gasteiger partial charge on any atom is 0.220 e. The summed E-state index contributed by atoms with van der Waals surface area (Å²) in [4.78, 5) is 12.1. The third kappa shape index (κ3) is 10.9. The Morgan fingerprint density at radius 3 is 2.16 bits per heavy atom. The molecule has 0 aromatic carbocycles. The van der Waals surface area contributed by atoms with Gasteiger partial charge in [-0.05, 0) is 12.8 Å². The molecule has 19 heavy (non-hydrogen) atoms. The van der Waals surface area contributed by atoms with Gasteiger partial charge in [0.05, 0.1) is 11.0 Å². The Labute approximate surface area is 123 Å². The summed E-state index contributed by atoms with van der Waals surface area (Å²) in [6, 6.07) is -0.128. The van der Waals surface area contributed by atoms with Crippen molar-refractivity contribution in [2.24, 2.45) is 5.73 Å². The van der Waals surface area contributed by atoms with E-state index < -0.39 is 0 Å². The number of amides is 1. The van der Waals surface area contributed by atoms with E-state index in [9.17, 15) is 4.79 Å². The average molecular weight is 286 g/mol. The summed E-state index contributed by atoms with van der Waals surface area (Å²) < 4.78 is 0. The Bertz CT molecular complexity index is 257. The Morgan fingerprint density at radius 1 is 1.05 bits per heavy atom. The number of hydrogen-bond donors (Lipinski definition) is 2. The van der Waals surface area contributed by atoms with Gasteiger partial charge in [0.1, 0.15) is 0 Å². The Kier molecular flexibility index (Phi) is 12.0. The molecule has 0 fully saturated rings. The minimum atomic E-state index is -0.128. The van der Waals surface area contributed by atoms with E-state index in [0.717, 1.165) is 25.7 Å². The van der Waals surface area contributed by atoms with E-state index in [1.54, 1.807) is 0 Å². The fraction of sp³-hybridized carbons (Fsp3) is 0.867. The molecule has 0 saturated heterocycles. The predicted octanol–water partition coefficient (Wildman–Crippen LogP) is 3.70. The number of unbranched alkanes of at least 4 members (excludes halogenated alkanes) is 6. The van der Waals surface area contributed by atoms with E-state index in [-0.39, 0.29) is 11.9 Å². The van der Waals surface area contributed by atoms with E-state index in [0.29, 0.717) is 11.4 Å². The monoisotopic (exact) mass is 286 g/mol. The third-order valence-corrected chi connectivity index (χ3v) is 3.55. The van der Waals surface area contributed by atoms with E-state index >= 15 is 0 Å². The Balaban J connectivity index is 3.60. The van der Waals surface area contributed by atoms with Gasteiger partial charge in [0.25, 0.3) is 0 Å². The number of hydrogen-bond acceptors (Lipinski definition) is 2. The minimum Gasteiger partial charge on any atom is -0.392 e. The number of carbonyl (C=O) groups excluding carboxylic acids is 1. The molecule has 0 saturated carbocycles. The second-order valence-electron chi connectivity index (χ2n) is 5.18. The molecule has 0 radical (unpaired) electrons.